The van der Waals surface area contributed by atoms with Crippen LogP contribution in [0.1, 0.15) is 35.9 Å². The van der Waals surface area contributed by atoms with Gasteiger partial charge >= 0.3 is 5.97 Å². The van der Waals surface area contributed by atoms with Gasteiger partial charge in [0, 0.05) is 6.42 Å². The van der Waals surface area contributed by atoms with Crippen LogP contribution in [0.2, 0.25) is 0 Å². The van der Waals surface area contributed by atoms with Crippen LogP contribution < -0.4 is 5.32 Å². The molecule has 1 aromatic rings. The molecule has 1 amide bonds. The van der Waals surface area contributed by atoms with Crippen molar-refractivity contribution >= 4 is 11.9 Å². The zero-order valence-corrected chi connectivity index (χ0v) is 10.3. The number of hydrogen-bond acceptors (Lipinski definition) is 3. The first-order valence-corrected chi connectivity index (χ1v) is 5.81. The second-order valence-electron chi connectivity index (χ2n) is 3.84. The SMILES string of the molecule is C=CCCC(NC(=O)c1ccoc1CC)C(=O)O. The summed E-state index contributed by atoms with van der Waals surface area (Å²) in [6.07, 6.45) is 4.48. The number of carboxylic acid groups (broad SMARTS) is 1. The van der Waals surface area contributed by atoms with Crippen LogP contribution >= 0.6 is 0 Å². The maximum Gasteiger partial charge on any atom is 0.326 e. The summed E-state index contributed by atoms with van der Waals surface area (Å²) < 4.78 is 5.13. The number of rotatable bonds is 7. The predicted octanol–water partition coefficient (Wildman–Crippen LogP) is 1.99. The van der Waals surface area contributed by atoms with Crippen molar-refractivity contribution in [1.29, 1.82) is 0 Å². The van der Waals surface area contributed by atoms with E-state index in [0.29, 0.717) is 30.6 Å². The van der Waals surface area contributed by atoms with E-state index in [2.05, 4.69) is 11.9 Å². The summed E-state index contributed by atoms with van der Waals surface area (Å²) >= 11 is 0. The van der Waals surface area contributed by atoms with Crippen molar-refractivity contribution in [2.75, 3.05) is 0 Å². The van der Waals surface area contributed by atoms with Gasteiger partial charge in [-0.05, 0) is 18.9 Å². The van der Waals surface area contributed by atoms with Crippen LogP contribution in [-0.2, 0) is 11.2 Å². The van der Waals surface area contributed by atoms with Crippen molar-refractivity contribution < 1.29 is 19.1 Å². The molecule has 0 aliphatic heterocycles. The zero-order valence-electron chi connectivity index (χ0n) is 10.3. The van der Waals surface area contributed by atoms with Crippen LogP contribution in [0.15, 0.2) is 29.4 Å². The molecule has 0 saturated carbocycles. The summed E-state index contributed by atoms with van der Waals surface area (Å²) in [4.78, 5) is 22.9. The molecule has 1 aromatic heterocycles. The van der Waals surface area contributed by atoms with E-state index in [1.165, 1.54) is 6.26 Å². The van der Waals surface area contributed by atoms with E-state index in [1.807, 2.05) is 6.92 Å². The van der Waals surface area contributed by atoms with E-state index >= 15 is 0 Å². The first kappa shape index (κ1) is 14.0. The maximum absolute atomic E-state index is 11.9. The molecule has 1 heterocycles. The molecule has 0 fully saturated rings. The van der Waals surface area contributed by atoms with Gasteiger partial charge in [-0.25, -0.2) is 4.79 Å². The number of carbonyl (C=O) groups excluding carboxylic acids is 1. The Morgan fingerprint density at radius 2 is 2.33 bits per heavy atom. The number of hydrogen-bond donors (Lipinski definition) is 2. The number of nitrogens with one attached hydrogen (secondary N) is 1. The van der Waals surface area contributed by atoms with E-state index in [-0.39, 0.29) is 0 Å². The fraction of sp³-hybridized carbons (Fsp3) is 0.385. The third-order valence-corrected chi connectivity index (χ3v) is 2.57. The molecule has 98 valence electrons. The molecule has 5 nitrogen and oxygen atoms in total. The minimum Gasteiger partial charge on any atom is -0.480 e. The Morgan fingerprint density at radius 3 is 2.89 bits per heavy atom. The lowest BCUT2D eigenvalue weighted by molar-refractivity contribution is -0.139. The summed E-state index contributed by atoms with van der Waals surface area (Å²) in [7, 11) is 0. The van der Waals surface area contributed by atoms with Gasteiger partial charge in [0.25, 0.3) is 5.91 Å². The van der Waals surface area contributed by atoms with E-state index in [4.69, 9.17) is 9.52 Å². The molecule has 0 aliphatic carbocycles. The number of allylic oxidation sites excluding steroid dienone is 1. The number of aryl methyl sites for hydroxylation is 1. The van der Waals surface area contributed by atoms with Crippen LogP contribution in [0.25, 0.3) is 0 Å². The molecule has 5 heteroatoms. The average molecular weight is 251 g/mol. The number of amides is 1. The van der Waals surface area contributed by atoms with Crippen molar-refractivity contribution in [2.24, 2.45) is 0 Å². The summed E-state index contributed by atoms with van der Waals surface area (Å²) in [5, 5.41) is 11.5. The van der Waals surface area contributed by atoms with Crippen LogP contribution in [0.3, 0.4) is 0 Å². The highest BCUT2D eigenvalue weighted by Gasteiger charge is 2.21. The fourth-order valence-corrected chi connectivity index (χ4v) is 1.59. The predicted molar refractivity (Wildman–Crippen MR) is 66.4 cm³/mol. The molecule has 0 saturated heterocycles. The Balaban J connectivity index is 2.72. The van der Waals surface area contributed by atoms with E-state index < -0.39 is 17.9 Å². The Labute approximate surface area is 105 Å². The molecule has 18 heavy (non-hydrogen) atoms. The highest BCUT2D eigenvalue weighted by molar-refractivity contribution is 5.97. The molecular weight excluding hydrogens is 234 g/mol. The quantitative estimate of drug-likeness (QED) is 0.726. The van der Waals surface area contributed by atoms with Gasteiger partial charge in [-0.1, -0.05) is 13.0 Å². The third-order valence-electron chi connectivity index (χ3n) is 2.57. The van der Waals surface area contributed by atoms with E-state index in [0.717, 1.165) is 0 Å². The lowest BCUT2D eigenvalue weighted by Crippen LogP contribution is -2.40. The third kappa shape index (κ3) is 3.48. The van der Waals surface area contributed by atoms with Crippen molar-refractivity contribution in [1.82, 2.24) is 5.32 Å². The molecule has 1 rings (SSSR count). The van der Waals surface area contributed by atoms with Crippen molar-refractivity contribution in [3.63, 3.8) is 0 Å². The molecule has 2 N–H and O–H groups in total. The minimum absolute atomic E-state index is 0.323. The van der Waals surface area contributed by atoms with Gasteiger partial charge in [-0.15, -0.1) is 6.58 Å². The zero-order chi connectivity index (χ0) is 13.5. The monoisotopic (exact) mass is 251 g/mol. The number of carbonyl (C=O) groups is 2. The smallest absolute Gasteiger partial charge is 0.326 e. The van der Waals surface area contributed by atoms with Crippen LogP contribution in [0, 0.1) is 0 Å². The Morgan fingerprint density at radius 1 is 1.61 bits per heavy atom. The average Bonchev–Trinajstić information content (AvgIpc) is 2.82. The summed E-state index contributed by atoms with van der Waals surface area (Å²) in [5.74, 6) is -0.913. The van der Waals surface area contributed by atoms with Crippen LogP contribution in [0.5, 0.6) is 0 Å². The maximum atomic E-state index is 11.9. The van der Waals surface area contributed by atoms with Gasteiger partial charge in [-0.3, -0.25) is 4.79 Å². The topological polar surface area (TPSA) is 79.5 Å². The molecule has 1 unspecified atom stereocenters. The van der Waals surface area contributed by atoms with Gasteiger partial charge < -0.3 is 14.8 Å². The Hall–Kier alpha value is -2.04. The Bertz CT molecular complexity index is 436. The molecule has 0 aromatic carbocycles. The summed E-state index contributed by atoms with van der Waals surface area (Å²) in [5.41, 5.74) is 0.391. The van der Waals surface area contributed by atoms with E-state index in [1.54, 1.807) is 12.1 Å². The van der Waals surface area contributed by atoms with Crippen molar-refractivity contribution in [3.05, 3.63) is 36.3 Å². The van der Waals surface area contributed by atoms with Gasteiger partial charge in [0.05, 0.1) is 11.8 Å². The molecule has 1 atom stereocenters. The lowest BCUT2D eigenvalue weighted by Gasteiger charge is -2.13. The summed E-state index contributed by atoms with van der Waals surface area (Å²) in [6, 6.07) is 0.635. The van der Waals surface area contributed by atoms with Crippen molar-refractivity contribution in [3.8, 4) is 0 Å². The second-order valence-corrected chi connectivity index (χ2v) is 3.84. The van der Waals surface area contributed by atoms with Crippen LogP contribution in [-0.4, -0.2) is 23.0 Å². The molecule has 0 spiro atoms. The second kappa shape index (κ2) is 6.64. The fourth-order valence-electron chi connectivity index (χ4n) is 1.59. The molecular formula is C13H17NO4. The van der Waals surface area contributed by atoms with Crippen LogP contribution in [0.4, 0.5) is 0 Å². The highest BCUT2D eigenvalue weighted by Crippen LogP contribution is 2.11. The number of aliphatic carboxylic acids is 1. The highest BCUT2D eigenvalue weighted by atomic mass is 16.4. The lowest BCUT2D eigenvalue weighted by atomic mass is 10.1. The largest absolute Gasteiger partial charge is 0.480 e. The summed E-state index contributed by atoms with van der Waals surface area (Å²) in [6.45, 7) is 5.39. The molecule has 0 aliphatic rings. The van der Waals surface area contributed by atoms with Gasteiger partial charge in [0.1, 0.15) is 11.8 Å². The number of carboxylic acids is 1. The minimum atomic E-state index is -1.05. The standard InChI is InChI=1S/C13H17NO4/c1-3-5-6-10(13(16)17)14-12(15)9-7-8-18-11(9)4-2/h3,7-8,10H,1,4-6H2,2H3,(H,14,15)(H,16,17). The van der Waals surface area contributed by atoms with Gasteiger partial charge in [-0.2, -0.15) is 0 Å². The normalized spacial score (nSPS) is 11.8. The Kier molecular flexibility index (Phi) is 5.17. The van der Waals surface area contributed by atoms with Crippen molar-refractivity contribution in [2.45, 2.75) is 32.2 Å². The molecule has 0 radical (unpaired) electrons. The number of furan rings is 1. The first-order valence-electron chi connectivity index (χ1n) is 5.81. The van der Waals surface area contributed by atoms with Gasteiger partial charge in [0.15, 0.2) is 0 Å². The first-order chi connectivity index (χ1) is 8.60. The van der Waals surface area contributed by atoms with Gasteiger partial charge in [0.2, 0.25) is 0 Å². The molecule has 0 bridgehead atoms. The van der Waals surface area contributed by atoms with E-state index in [9.17, 15) is 9.59 Å².